The van der Waals surface area contributed by atoms with Gasteiger partial charge in [-0.15, -0.1) is 0 Å². The Kier molecular flexibility index (Phi) is 2.92. The fourth-order valence-corrected chi connectivity index (χ4v) is 3.11. The Hall–Kier alpha value is -1.72. The highest BCUT2D eigenvalue weighted by molar-refractivity contribution is 6.45. The van der Waals surface area contributed by atoms with E-state index >= 15 is 0 Å². The van der Waals surface area contributed by atoms with Gasteiger partial charge in [-0.2, -0.15) is 0 Å². The number of ketones is 1. The molecule has 0 amide bonds. The largest absolute Gasteiger partial charge is 0.367 e. The molecule has 0 aromatic heterocycles. The zero-order chi connectivity index (χ0) is 14.4. The molecule has 2 N–H and O–H groups in total. The Morgan fingerprint density at radius 3 is 2.55 bits per heavy atom. The van der Waals surface area contributed by atoms with Crippen LogP contribution in [0.1, 0.15) is 43.0 Å². The second-order valence-electron chi connectivity index (χ2n) is 5.74. The van der Waals surface area contributed by atoms with E-state index < -0.39 is 11.3 Å². The Morgan fingerprint density at radius 1 is 1.25 bits per heavy atom. The summed E-state index contributed by atoms with van der Waals surface area (Å²) in [5.41, 5.74) is -1.83. The lowest BCUT2D eigenvalue weighted by molar-refractivity contribution is -0.240. The van der Waals surface area contributed by atoms with Gasteiger partial charge in [0, 0.05) is 5.56 Å². The quantitative estimate of drug-likeness (QED) is 0.809. The number of rotatable bonds is 2. The van der Waals surface area contributed by atoms with Crippen LogP contribution in [0.4, 0.5) is 0 Å². The third-order valence-electron chi connectivity index (χ3n) is 4.44. The van der Waals surface area contributed by atoms with Crippen molar-refractivity contribution >= 4 is 11.6 Å². The highest BCUT2D eigenvalue weighted by Crippen LogP contribution is 2.46. The van der Waals surface area contributed by atoms with Gasteiger partial charge in [0.25, 0.3) is 0 Å². The Bertz CT molecular complexity index is 572. The van der Waals surface area contributed by atoms with E-state index in [4.69, 9.17) is 0 Å². The van der Waals surface area contributed by atoms with Crippen molar-refractivity contribution in [2.45, 2.75) is 43.9 Å². The van der Waals surface area contributed by atoms with Crippen LogP contribution in [0.2, 0.25) is 0 Å². The average molecular weight is 274 g/mol. The molecule has 1 heterocycles. The minimum atomic E-state index is -1.47. The minimum absolute atomic E-state index is 0.0666. The first-order chi connectivity index (χ1) is 9.48. The fourth-order valence-electron chi connectivity index (χ4n) is 3.11. The molecule has 5 nitrogen and oxygen atoms in total. The lowest BCUT2D eigenvalue weighted by Gasteiger charge is -2.43. The summed E-state index contributed by atoms with van der Waals surface area (Å²) in [5, 5.41) is 21.7. The maximum Gasteiger partial charge on any atom is 0.230 e. The number of Topliss-reactive ketones (excluding diaryl/α,β-unsaturated/α-hetero) is 1. The molecule has 1 fully saturated rings. The number of nitrogens with zero attached hydrogens (tertiary/aromatic N) is 2. The predicted octanol–water partition coefficient (Wildman–Crippen LogP) is 1.99. The van der Waals surface area contributed by atoms with E-state index in [0.29, 0.717) is 23.5 Å². The molecule has 0 radical (unpaired) electrons. The monoisotopic (exact) mass is 274 g/mol. The average Bonchev–Trinajstić information content (AvgIpc) is 2.68. The van der Waals surface area contributed by atoms with Crippen LogP contribution in [0.3, 0.4) is 0 Å². The van der Waals surface area contributed by atoms with Crippen LogP contribution in [-0.4, -0.2) is 38.3 Å². The molecule has 5 heteroatoms. The lowest BCUT2D eigenvalue weighted by atomic mass is 9.77. The molecule has 3 rings (SSSR count). The van der Waals surface area contributed by atoms with Gasteiger partial charge in [-0.25, -0.2) is 5.06 Å². The molecule has 1 saturated carbocycles. The van der Waals surface area contributed by atoms with Crippen molar-refractivity contribution in [3.05, 3.63) is 35.9 Å². The van der Waals surface area contributed by atoms with E-state index in [9.17, 15) is 15.1 Å². The van der Waals surface area contributed by atoms with Crippen molar-refractivity contribution < 1.29 is 15.1 Å². The van der Waals surface area contributed by atoms with E-state index in [2.05, 4.69) is 4.99 Å². The Balaban J connectivity index is 1.99. The third-order valence-corrected chi connectivity index (χ3v) is 4.44. The Labute approximate surface area is 117 Å². The molecule has 1 aliphatic carbocycles. The molecule has 1 aromatic carbocycles. The first kappa shape index (κ1) is 13.3. The molecule has 106 valence electrons. The van der Waals surface area contributed by atoms with E-state index in [0.717, 1.165) is 12.8 Å². The van der Waals surface area contributed by atoms with Crippen molar-refractivity contribution in [3.63, 3.8) is 0 Å². The first-order valence-corrected chi connectivity index (χ1v) is 6.89. The van der Waals surface area contributed by atoms with Crippen molar-refractivity contribution in [2.24, 2.45) is 4.99 Å². The number of hydrogen-bond acceptors (Lipinski definition) is 5. The van der Waals surface area contributed by atoms with Gasteiger partial charge in [0.15, 0.2) is 11.6 Å². The number of aliphatic imine (C=N–C) groups is 1. The van der Waals surface area contributed by atoms with Gasteiger partial charge in [0.2, 0.25) is 5.78 Å². The summed E-state index contributed by atoms with van der Waals surface area (Å²) < 4.78 is 0. The molecule has 2 atom stereocenters. The highest BCUT2D eigenvalue weighted by Gasteiger charge is 2.59. The number of carbonyl (C=O) groups is 1. The van der Waals surface area contributed by atoms with E-state index in [1.54, 1.807) is 31.2 Å². The van der Waals surface area contributed by atoms with Crippen molar-refractivity contribution in [1.82, 2.24) is 5.06 Å². The summed E-state index contributed by atoms with van der Waals surface area (Å²) in [5.74, 6) is -0.430. The van der Waals surface area contributed by atoms with Crippen LogP contribution >= 0.6 is 0 Å². The summed E-state index contributed by atoms with van der Waals surface area (Å²) in [7, 11) is 0. The normalized spacial score (nSPS) is 32.8. The van der Waals surface area contributed by atoms with Crippen LogP contribution in [0, 0.1) is 0 Å². The van der Waals surface area contributed by atoms with E-state index in [1.807, 2.05) is 6.07 Å². The van der Waals surface area contributed by atoms with Gasteiger partial charge in [-0.3, -0.25) is 15.0 Å². The fraction of sp³-hybridized carbons (Fsp3) is 0.467. The first-order valence-electron chi connectivity index (χ1n) is 6.89. The number of fused-ring (bicyclic) bond motifs is 1. The van der Waals surface area contributed by atoms with Crippen molar-refractivity contribution in [1.29, 1.82) is 0 Å². The Morgan fingerprint density at radius 2 is 1.90 bits per heavy atom. The topological polar surface area (TPSA) is 73.1 Å². The molecule has 0 spiro atoms. The third kappa shape index (κ3) is 1.70. The summed E-state index contributed by atoms with van der Waals surface area (Å²) in [6, 6.07) is 8.68. The predicted molar refractivity (Wildman–Crippen MR) is 73.7 cm³/mol. The molecular formula is C15H18N2O3. The lowest BCUT2D eigenvalue weighted by Crippen LogP contribution is -2.59. The molecule has 0 bridgehead atoms. The second-order valence-corrected chi connectivity index (χ2v) is 5.74. The molecule has 0 unspecified atom stereocenters. The van der Waals surface area contributed by atoms with Gasteiger partial charge in [-0.1, -0.05) is 36.8 Å². The van der Waals surface area contributed by atoms with Crippen LogP contribution in [0.25, 0.3) is 0 Å². The van der Waals surface area contributed by atoms with Crippen molar-refractivity contribution in [3.8, 4) is 0 Å². The molecule has 0 saturated heterocycles. The van der Waals surface area contributed by atoms with Gasteiger partial charge >= 0.3 is 0 Å². The number of hydrogen-bond donors (Lipinski definition) is 2. The summed E-state index contributed by atoms with van der Waals surface area (Å²) in [6.07, 6.45) is 2.82. The number of carbonyl (C=O) groups excluding carboxylic acids is 1. The molecule has 2 aliphatic rings. The molecule has 20 heavy (non-hydrogen) atoms. The standard InChI is InChI=1S/C15H18N2O3/c1-14-9-5-6-10-15(14,19)17(20)13(16-14)12(18)11-7-3-2-4-8-11/h2-4,7-8,19-20H,5-6,9-10H2,1H3/t14-,15+/m1/s1. The van der Waals surface area contributed by atoms with Crippen LogP contribution < -0.4 is 0 Å². The molecule has 1 aliphatic heterocycles. The number of amidine groups is 1. The van der Waals surface area contributed by atoms with Crippen LogP contribution in [-0.2, 0) is 0 Å². The zero-order valence-corrected chi connectivity index (χ0v) is 11.4. The van der Waals surface area contributed by atoms with E-state index in [1.165, 1.54) is 0 Å². The number of benzene rings is 1. The van der Waals surface area contributed by atoms with Crippen molar-refractivity contribution in [2.75, 3.05) is 0 Å². The zero-order valence-electron chi connectivity index (χ0n) is 11.4. The van der Waals surface area contributed by atoms with Crippen LogP contribution in [0.15, 0.2) is 35.3 Å². The molecular weight excluding hydrogens is 256 g/mol. The number of aliphatic hydroxyl groups is 1. The van der Waals surface area contributed by atoms with Gasteiger partial charge in [0.1, 0.15) is 5.54 Å². The maximum atomic E-state index is 12.4. The van der Waals surface area contributed by atoms with Crippen LogP contribution in [0.5, 0.6) is 0 Å². The van der Waals surface area contributed by atoms with Gasteiger partial charge < -0.3 is 5.11 Å². The minimum Gasteiger partial charge on any atom is -0.367 e. The van der Waals surface area contributed by atoms with Gasteiger partial charge in [-0.05, 0) is 26.2 Å². The summed E-state index contributed by atoms with van der Waals surface area (Å²) in [6.45, 7) is 1.79. The SMILES string of the molecule is C[C@@]12CCCC[C@@]1(O)N(O)C(C(=O)c1ccccc1)=N2. The second kappa shape index (κ2) is 4.40. The highest BCUT2D eigenvalue weighted by atomic mass is 16.6. The molecule has 1 aromatic rings. The summed E-state index contributed by atoms with van der Waals surface area (Å²) in [4.78, 5) is 16.8. The summed E-state index contributed by atoms with van der Waals surface area (Å²) >= 11 is 0. The van der Waals surface area contributed by atoms with Gasteiger partial charge in [0.05, 0.1) is 0 Å². The van der Waals surface area contributed by atoms with E-state index in [-0.39, 0.29) is 11.6 Å². The number of hydroxylamine groups is 2. The maximum absolute atomic E-state index is 12.4. The smallest absolute Gasteiger partial charge is 0.230 e.